The Bertz CT molecular complexity index is 1250. The van der Waals surface area contributed by atoms with Crippen LogP contribution in [0.2, 0.25) is 0 Å². The first-order valence-corrected chi connectivity index (χ1v) is 11.1. The number of hydrogen-bond acceptors (Lipinski definition) is 6. The summed E-state index contributed by atoms with van der Waals surface area (Å²) < 4.78 is 19.9. The first kappa shape index (κ1) is 20.3. The summed E-state index contributed by atoms with van der Waals surface area (Å²) in [7, 11) is 0. The van der Waals surface area contributed by atoms with Gasteiger partial charge in [-0.15, -0.1) is 11.3 Å². The molecule has 0 saturated carbocycles. The molecule has 0 fully saturated rings. The Hall–Kier alpha value is -2.97. The molecule has 0 saturated heterocycles. The number of thiophene rings is 1. The maximum Gasteiger partial charge on any atom is 0.316 e. The molecule has 2 aromatic carbocycles. The minimum absolute atomic E-state index is 0.0178. The van der Waals surface area contributed by atoms with Crippen LogP contribution >= 0.6 is 23.1 Å². The van der Waals surface area contributed by atoms with E-state index in [-0.39, 0.29) is 17.9 Å². The molecule has 30 heavy (non-hydrogen) atoms. The van der Waals surface area contributed by atoms with Crippen LogP contribution in [0.15, 0.2) is 69.9 Å². The van der Waals surface area contributed by atoms with Gasteiger partial charge in [-0.05, 0) is 36.8 Å². The maximum absolute atomic E-state index is 13.6. The molecule has 2 aromatic heterocycles. The van der Waals surface area contributed by atoms with Crippen LogP contribution in [0.3, 0.4) is 0 Å². The molecule has 152 valence electrons. The molecule has 2 heterocycles. The van der Waals surface area contributed by atoms with Crippen molar-refractivity contribution in [3.8, 4) is 16.8 Å². The number of aromatic nitrogens is 2. The van der Waals surface area contributed by atoms with E-state index in [2.05, 4.69) is 4.98 Å². The average molecular weight is 441 g/mol. The molecule has 0 aliphatic heterocycles. The van der Waals surface area contributed by atoms with Gasteiger partial charge >= 0.3 is 5.97 Å². The number of ether oxygens (including phenoxy) is 1. The van der Waals surface area contributed by atoms with Crippen molar-refractivity contribution in [3.05, 3.63) is 76.1 Å². The van der Waals surface area contributed by atoms with Crippen LogP contribution in [0.1, 0.15) is 6.92 Å². The van der Waals surface area contributed by atoms with Gasteiger partial charge in [0.05, 0.1) is 23.4 Å². The molecule has 5 nitrogen and oxygen atoms in total. The van der Waals surface area contributed by atoms with E-state index >= 15 is 0 Å². The predicted octanol–water partition coefficient (Wildman–Crippen LogP) is 4.91. The number of nitrogens with zero attached hydrogens (tertiary/aromatic N) is 2. The normalized spacial score (nSPS) is 11.0. The van der Waals surface area contributed by atoms with Crippen LogP contribution < -0.4 is 5.56 Å². The minimum Gasteiger partial charge on any atom is -0.465 e. The fraction of sp³-hybridized carbons (Fsp3) is 0.136. The quantitative estimate of drug-likeness (QED) is 0.242. The number of fused-ring (bicyclic) bond motifs is 1. The summed E-state index contributed by atoms with van der Waals surface area (Å²) >= 11 is 2.49. The van der Waals surface area contributed by atoms with Gasteiger partial charge in [-0.1, -0.05) is 42.1 Å². The van der Waals surface area contributed by atoms with Gasteiger partial charge in [-0.3, -0.25) is 14.2 Å². The van der Waals surface area contributed by atoms with E-state index in [0.29, 0.717) is 21.1 Å². The molecule has 0 spiro atoms. The van der Waals surface area contributed by atoms with Crippen molar-refractivity contribution in [2.75, 3.05) is 12.4 Å². The highest BCUT2D eigenvalue weighted by Crippen LogP contribution is 2.32. The second-order valence-electron chi connectivity index (χ2n) is 6.30. The van der Waals surface area contributed by atoms with Crippen molar-refractivity contribution < 1.29 is 13.9 Å². The van der Waals surface area contributed by atoms with Crippen LogP contribution in [-0.4, -0.2) is 27.9 Å². The SMILES string of the molecule is CCOC(=O)CSc1nc2scc(-c3ccccc3)c2c(=O)n1-c1ccc(F)cc1. The average Bonchev–Trinajstić information content (AvgIpc) is 3.18. The van der Waals surface area contributed by atoms with Crippen LogP contribution in [0, 0.1) is 5.82 Å². The lowest BCUT2D eigenvalue weighted by Crippen LogP contribution is -2.22. The van der Waals surface area contributed by atoms with Crippen molar-refractivity contribution in [2.45, 2.75) is 12.1 Å². The van der Waals surface area contributed by atoms with Crippen LogP contribution in [0.4, 0.5) is 4.39 Å². The first-order chi connectivity index (χ1) is 14.6. The lowest BCUT2D eigenvalue weighted by atomic mass is 10.1. The Labute approximate surface area is 180 Å². The molecule has 0 amide bonds. The zero-order chi connectivity index (χ0) is 21.1. The Morgan fingerprint density at radius 1 is 1.17 bits per heavy atom. The summed E-state index contributed by atoms with van der Waals surface area (Å²) in [6, 6.07) is 15.2. The molecular formula is C22H17FN2O3S2. The summed E-state index contributed by atoms with van der Waals surface area (Å²) in [5.74, 6) is -0.773. The van der Waals surface area contributed by atoms with Crippen molar-refractivity contribution >= 4 is 39.3 Å². The van der Waals surface area contributed by atoms with Gasteiger partial charge in [0.2, 0.25) is 0 Å². The predicted molar refractivity (Wildman–Crippen MR) is 118 cm³/mol. The third kappa shape index (κ3) is 4.01. The molecule has 4 rings (SSSR count). The maximum atomic E-state index is 13.6. The van der Waals surface area contributed by atoms with Gasteiger partial charge in [0.25, 0.3) is 5.56 Å². The third-order valence-corrected chi connectivity index (χ3v) is 6.16. The topological polar surface area (TPSA) is 61.2 Å². The van der Waals surface area contributed by atoms with E-state index in [1.807, 2.05) is 35.7 Å². The summed E-state index contributed by atoms with van der Waals surface area (Å²) in [5, 5.41) is 2.76. The smallest absolute Gasteiger partial charge is 0.316 e. The van der Waals surface area contributed by atoms with E-state index in [4.69, 9.17) is 4.74 Å². The van der Waals surface area contributed by atoms with Gasteiger partial charge in [-0.25, -0.2) is 9.37 Å². The van der Waals surface area contributed by atoms with Crippen LogP contribution in [0.25, 0.3) is 27.0 Å². The van der Waals surface area contributed by atoms with Gasteiger partial charge in [0, 0.05) is 10.9 Å². The summed E-state index contributed by atoms with van der Waals surface area (Å²) in [6.45, 7) is 2.01. The molecule has 8 heteroatoms. The number of benzene rings is 2. The third-order valence-electron chi connectivity index (χ3n) is 4.37. The van der Waals surface area contributed by atoms with Crippen molar-refractivity contribution in [1.29, 1.82) is 0 Å². The zero-order valence-corrected chi connectivity index (χ0v) is 17.6. The fourth-order valence-corrected chi connectivity index (χ4v) is 4.84. The number of rotatable bonds is 6. The van der Waals surface area contributed by atoms with Crippen molar-refractivity contribution in [1.82, 2.24) is 9.55 Å². The number of thioether (sulfide) groups is 1. The van der Waals surface area contributed by atoms with E-state index in [9.17, 15) is 14.0 Å². The van der Waals surface area contributed by atoms with Crippen molar-refractivity contribution in [2.24, 2.45) is 0 Å². The second-order valence-corrected chi connectivity index (χ2v) is 8.10. The minimum atomic E-state index is -0.401. The van der Waals surface area contributed by atoms with Gasteiger partial charge in [0.1, 0.15) is 10.6 Å². The number of halogens is 1. The Balaban J connectivity index is 1.90. The van der Waals surface area contributed by atoms with E-state index in [1.165, 1.54) is 40.2 Å². The highest BCUT2D eigenvalue weighted by atomic mass is 32.2. The highest BCUT2D eigenvalue weighted by Gasteiger charge is 2.19. The van der Waals surface area contributed by atoms with E-state index in [0.717, 1.165) is 22.9 Å². The summed E-state index contributed by atoms with van der Waals surface area (Å²) in [6.07, 6.45) is 0. The molecule has 0 bridgehead atoms. The Kier molecular flexibility index (Phi) is 5.96. The largest absolute Gasteiger partial charge is 0.465 e. The van der Waals surface area contributed by atoms with E-state index < -0.39 is 11.8 Å². The first-order valence-electron chi connectivity index (χ1n) is 9.22. The number of carbonyl (C=O) groups is 1. The molecule has 0 atom stereocenters. The van der Waals surface area contributed by atoms with Gasteiger partial charge in [-0.2, -0.15) is 0 Å². The highest BCUT2D eigenvalue weighted by molar-refractivity contribution is 7.99. The van der Waals surface area contributed by atoms with Gasteiger partial charge in [0.15, 0.2) is 5.16 Å². The summed E-state index contributed by atoms with van der Waals surface area (Å²) in [5.41, 5.74) is 1.93. The molecule has 0 N–H and O–H groups in total. The number of carbonyl (C=O) groups excluding carboxylic acids is 1. The monoisotopic (exact) mass is 440 g/mol. The van der Waals surface area contributed by atoms with Crippen molar-refractivity contribution in [3.63, 3.8) is 0 Å². The lowest BCUT2D eigenvalue weighted by Gasteiger charge is -2.12. The van der Waals surface area contributed by atoms with E-state index in [1.54, 1.807) is 6.92 Å². The molecule has 0 aliphatic rings. The van der Waals surface area contributed by atoms with Crippen LogP contribution in [-0.2, 0) is 9.53 Å². The molecular weight excluding hydrogens is 423 g/mol. The number of esters is 1. The zero-order valence-electron chi connectivity index (χ0n) is 16.0. The standard InChI is InChI=1S/C22H17FN2O3S2/c1-2-28-18(26)13-30-22-24-20-19(17(12-29-20)14-6-4-3-5-7-14)21(27)25(22)16-10-8-15(23)9-11-16/h3-12H,2,13H2,1H3. The molecule has 0 radical (unpaired) electrons. The molecule has 4 aromatic rings. The molecule has 0 aliphatic carbocycles. The second kappa shape index (κ2) is 8.81. The number of hydrogen-bond donors (Lipinski definition) is 0. The summed E-state index contributed by atoms with van der Waals surface area (Å²) in [4.78, 5) is 30.7. The fourth-order valence-electron chi connectivity index (χ4n) is 3.04. The Morgan fingerprint density at radius 2 is 1.90 bits per heavy atom. The molecule has 0 unspecified atom stereocenters. The van der Waals surface area contributed by atoms with Crippen LogP contribution in [0.5, 0.6) is 0 Å². The lowest BCUT2D eigenvalue weighted by molar-refractivity contribution is -0.139. The Morgan fingerprint density at radius 3 is 2.60 bits per heavy atom. The van der Waals surface area contributed by atoms with Gasteiger partial charge < -0.3 is 4.74 Å².